The van der Waals surface area contributed by atoms with Crippen molar-refractivity contribution in [2.24, 2.45) is 0 Å². The summed E-state index contributed by atoms with van der Waals surface area (Å²) in [4.78, 5) is 30.6. The molecule has 0 saturated heterocycles. The van der Waals surface area contributed by atoms with Crippen LogP contribution in [-0.2, 0) is 11.2 Å². The number of nitrogens with one attached hydrogen (secondary N) is 2. The minimum absolute atomic E-state index is 0.0527. The molecule has 1 heterocycles. The number of aliphatic hydroxyl groups is 1. The van der Waals surface area contributed by atoms with Crippen molar-refractivity contribution < 1.29 is 9.90 Å². The molecule has 1 atom stereocenters. The van der Waals surface area contributed by atoms with Crippen LogP contribution in [0.4, 0.5) is 0 Å². The third kappa shape index (κ3) is 5.31. The smallest absolute Gasteiger partial charge is 0.268 e. The normalized spacial score (nSPS) is 11.4. The number of aromatic nitrogens is 2. The number of nitrogens with zero attached hydrogens (tertiary/aromatic N) is 2. The van der Waals surface area contributed by atoms with Crippen LogP contribution in [-0.4, -0.2) is 33.3 Å². The van der Waals surface area contributed by atoms with Crippen LogP contribution in [0.5, 0.6) is 0 Å². The number of hydrogen-bond donors (Lipinski definition) is 3. The highest BCUT2D eigenvalue weighted by atomic mass is 32.2. The van der Waals surface area contributed by atoms with Crippen molar-refractivity contribution in [3.05, 3.63) is 75.3 Å². The summed E-state index contributed by atoms with van der Waals surface area (Å²) < 4.78 is 0. The van der Waals surface area contributed by atoms with E-state index in [-0.39, 0.29) is 30.3 Å². The van der Waals surface area contributed by atoms with Gasteiger partial charge >= 0.3 is 0 Å². The van der Waals surface area contributed by atoms with E-state index in [1.54, 1.807) is 0 Å². The number of allylic oxidation sites excluding steroid dienone is 1. The maximum absolute atomic E-state index is 12.1. The summed E-state index contributed by atoms with van der Waals surface area (Å²) in [7, 11) is 0. The quantitative estimate of drug-likeness (QED) is 0.644. The number of aromatic amines is 1. The van der Waals surface area contributed by atoms with E-state index in [1.807, 2.05) is 36.4 Å². The van der Waals surface area contributed by atoms with Gasteiger partial charge in [0.05, 0.1) is 30.4 Å². The fourth-order valence-corrected chi connectivity index (χ4v) is 2.90. The Morgan fingerprint density at radius 3 is 2.81 bits per heavy atom. The summed E-state index contributed by atoms with van der Waals surface area (Å²) in [5, 5.41) is 21.3. The SMILES string of the molecule is C=C(Cc1nc[nH]c(=O)c1C#N)SCC(=O)NC(CO)c1ccccc1. The van der Waals surface area contributed by atoms with Crippen LogP contribution in [0.2, 0.25) is 0 Å². The van der Waals surface area contributed by atoms with Gasteiger partial charge in [0.1, 0.15) is 11.6 Å². The van der Waals surface area contributed by atoms with Crippen LogP contribution in [0.25, 0.3) is 0 Å². The molecular weight excluding hydrogens is 352 g/mol. The minimum Gasteiger partial charge on any atom is -0.394 e. The maximum Gasteiger partial charge on any atom is 0.268 e. The first kappa shape index (κ1) is 19.4. The molecular formula is C18H18N4O3S. The Morgan fingerprint density at radius 2 is 2.15 bits per heavy atom. The van der Waals surface area contributed by atoms with E-state index < -0.39 is 11.6 Å². The Balaban J connectivity index is 1.89. The molecule has 0 spiro atoms. The predicted molar refractivity (Wildman–Crippen MR) is 99.3 cm³/mol. The molecule has 0 aliphatic rings. The number of thioether (sulfide) groups is 1. The molecule has 0 aliphatic carbocycles. The number of amides is 1. The van der Waals surface area contributed by atoms with Crippen molar-refractivity contribution in [3.63, 3.8) is 0 Å². The van der Waals surface area contributed by atoms with Crippen LogP contribution in [0, 0.1) is 11.3 Å². The van der Waals surface area contributed by atoms with Crippen molar-refractivity contribution in [2.75, 3.05) is 12.4 Å². The van der Waals surface area contributed by atoms with Gasteiger partial charge in [-0.3, -0.25) is 9.59 Å². The molecule has 2 rings (SSSR count). The van der Waals surface area contributed by atoms with Gasteiger partial charge in [-0.1, -0.05) is 36.9 Å². The van der Waals surface area contributed by atoms with Gasteiger partial charge in [0.15, 0.2) is 0 Å². The van der Waals surface area contributed by atoms with Gasteiger partial charge in [0.2, 0.25) is 5.91 Å². The zero-order valence-corrected chi connectivity index (χ0v) is 14.8. The first-order valence-electron chi connectivity index (χ1n) is 7.77. The maximum atomic E-state index is 12.1. The van der Waals surface area contributed by atoms with E-state index in [0.29, 0.717) is 10.6 Å². The lowest BCUT2D eigenvalue weighted by Crippen LogP contribution is -2.32. The molecule has 134 valence electrons. The Morgan fingerprint density at radius 1 is 1.42 bits per heavy atom. The van der Waals surface area contributed by atoms with Crippen molar-refractivity contribution in [1.82, 2.24) is 15.3 Å². The lowest BCUT2D eigenvalue weighted by molar-refractivity contribution is -0.119. The first-order chi connectivity index (χ1) is 12.5. The number of benzene rings is 1. The Kier molecular flexibility index (Phi) is 7.14. The van der Waals surface area contributed by atoms with Crippen LogP contribution in [0.3, 0.4) is 0 Å². The molecule has 1 aromatic carbocycles. The van der Waals surface area contributed by atoms with Crippen molar-refractivity contribution in [3.8, 4) is 6.07 Å². The second-order valence-corrected chi connectivity index (χ2v) is 6.54. The highest BCUT2D eigenvalue weighted by Gasteiger charge is 2.15. The minimum atomic E-state index is -0.498. The lowest BCUT2D eigenvalue weighted by Gasteiger charge is -2.16. The van der Waals surface area contributed by atoms with Gasteiger partial charge in [-0.2, -0.15) is 5.26 Å². The van der Waals surface area contributed by atoms with Crippen LogP contribution < -0.4 is 10.9 Å². The van der Waals surface area contributed by atoms with E-state index in [2.05, 4.69) is 21.9 Å². The van der Waals surface area contributed by atoms with Crippen molar-refractivity contribution in [1.29, 1.82) is 5.26 Å². The molecule has 7 nitrogen and oxygen atoms in total. The molecule has 0 aliphatic heterocycles. The van der Waals surface area contributed by atoms with Crippen LogP contribution >= 0.6 is 11.8 Å². The predicted octanol–water partition coefficient (Wildman–Crippen LogP) is 1.28. The molecule has 0 bridgehead atoms. The standard InChI is InChI=1S/C18H18N4O3S/c1-12(7-15-14(8-19)18(25)21-11-20-15)26-10-17(24)22-16(9-23)13-5-3-2-4-6-13/h2-6,11,16,23H,1,7,9-10H2,(H,22,24)(H,20,21,25). The van der Waals surface area contributed by atoms with Crippen LogP contribution in [0.1, 0.15) is 22.9 Å². The van der Waals surface area contributed by atoms with Gasteiger partial charge in [-0.05, 0) is 10.5 Å². The summed E-state index contributed by atoms with van der Waals surface area (Å²) in [6.07, 6.45) is 1.45. The molecule has 1 aromatic heterocycles. The number of hydrogen-bond acceptors (Lipinski definition) is 6. The largest absolute Gasteiger partial charge is 0.394 e. The third-order valence-corrected chi connectivity index (χ3v) is 4.49. The topological polar surface area (TPSA) is 119 Å². The number of carbonyl (C=O) groups is 1. The fraction of sp³-hybridized carbons (Fsp3) is 0.222. The molecule has 3 N–H and O–H groups in total. The molecule has 1 unspecified atom stereocenters. The first-order valence-corrected chi connectivity index (χ1v) is 8.76. The van der Waals surface area contributed by atoms with E-state index in [9.17, 15) is 14.7 Å². The van der Waals surface area contributed by atoms with E-state index in [0.717, 1.165) is 5.56 Å². The van der Waals surface area contributed by atoms with Gasteiger partial charge in [0.25, 0.3) is 5.56 Å². The second-order valence-electron chi connectivity index (χ2n) is 5.38. The zero-order valence-electron chi connectivity index (χ0n) is 13.9. The zero-order chi connectivity index (χ0) is 18.9. The Hall–Kier alpha value is -2.89. The second kappa shape index (κ2) is 9.56. The number of aliphatic hydroxyl groups excluding tert-OH is 1. The third-order valence-electron chi connectivity index (χ3n) is 3.54. The highest BCUT2D eigenvalue weighted by Crippen LogP contribution is 2.19. The van der Waals surface area contributed by atoms with Gasteiger partial charge in [-0.15, -0.1) is 11.8 Å². The van der Waals surface area contributed by atoms with Gasteiger partial charge in [0, 0.05) is 6.42 Å². The number of carbonyl (C=O) groups excluding carboxylic acids is 1. The lowest BCUT2D eigenvalue weighted by atomic mass is 10.1. The molecule has 0 radical (unpaired) electrons. The highest BCUT2D eigenvalue weighted by molar-refractivity contribution is 8.03. The molecule has 0 fully saturated rings. The fourth-order valence-electron chi connectivity index (χ4n) is 2.25. The molecule has 8 heteroatoms. The average molecular weight is 370 g/mol. The van der Waals surface area contributed by atoms with Crippen molar-refractivity contribution in [2.45, 2.75) is 12.5 Å². The molecule has 1 amide bonds. The van der Waals surface area contributed by atoms with Gasteiger partial charge < -0.3 is 15.4 Å². The van der Waals surface area contributed by atoms with Gasteiger partial charge in [-0.25, -0.2) is 4.98 Å². The summed E-state index contributed by atoms with van der Waals surface area (Å²) in [6.45, 7) is 3.65. The van der Waals surface area contributed by atoms with E-state index in [4.69, 9.17) is 5.26 Å². The van der Waals surface area contributed by atoms with E-state index >= 15 is 0 Å². The monoisotopic (exact) mass is 370 g/mol. The Bertz CT molecular complexity index is 874. The number of nitriles is 1. The summed E-state index contributed by atoms with van der Waals surface area (Å²) in [5.41, 5.74) is 0.593. The average Bonchev–Trinajstić information content (AvgIpc) is 2.65. The number of H-pyrrole nitrogens is 1. The Labute approximate surface area is 154 Å². The molecule has 2 aromatic rings. The molecule has 0 saturated carbocycles. The summed E-state index contributed by atoms with van der Waals surface area (Å²) >= 11 is 1.20. The van der Waals surface area contributed by atoms with Crippen LogP contribution in [0.15, 0.2) is 52.9 Å². The summed E-state index contributed by atoms with van der Waals surface area (Å²) in [6, 6.07) is 10.5. The van der Waals surface area contributed by atoms with E-state index in [1.165, 1.54) is 18.1 Å². The molecule has 26 heavy (non-hydrogen) atoms. The summed E-state index contributed by atoms with van der Waals surface area (Å²) in [5.74, 6) is -0.147. The number of rotatable bonds is 8. The van der Waals surface area contributed by atoms with Crippen molar-refractivity contribution >= 4 is 17.7 Å².